The third-order valence-electron chi connectivity index (χ3n) is 4.82. The molecule has 0 unspecified atom stereocenters. The number of nitrogens with one attached hydrogen (secondary N) is 1. The van der Waals surface area contributed by atoms with Crippen LogP contribution in [0, 0.1) is 13.8 Å². The zero-order valence-corrected chi connectivity index (χ0v) is 19.6. The molecule has 1 N–H and O–H groups in total. The molecule has 8 heteroatoms. The van der Waals surface area contributed by atoms with Crippen LogP contribution in [0.2, 0.25) is 0 Å². The summed E-state index contributed by atoms with van der Waals surface area (Å²) in [5.74, 6) is 1.58. The lowest BCUT2D eigenvalue weighted by Gasteiger charge is -2.12. The number of carbonyl (C=O) groups is 1. The highest BCUT2D eigenvalue weighted by Gasteiger charge is 2.17. The molecule has 0 saturated carbocycles. The molecule has 2 heterocycles. The normalized spacial score (nSPS) is 10.8. The molecule has 0 bridgehead atoms. The molecule has 4 aromatic rings. The van der Waals surface area contributed by atoms with Gasteiger partial charge in [0.2, 0.25) is 5.91 Å². The molecule has 1 amide bonds. The lowest BCUT2D eigenvalue weighted by Crippen LogP contribution is -2.14. The van der Waals surface area contributed by atoms with E-state index in [4.69, 9.17) is 4.74 Å². The van der Waals surface area contributed by atoms with Crippen LogP contribution < -0.4 is 10.1 Å². The third-order valence-corrected chi connectivity index (χ3v) is 5.74. The van der Waals surface area contributed by atoms with Crippen molar-refractivity contribution < 1.29 is 9.53 Å². The number of hydrogen-bond donors (Lipinski definition) is 1. The number of aromatic nitrogens is 4. The van der Waals surface area contributed by atoms with Gasteiger partial charge in [-0.15, -0.1) is 10.2 Å². The molecule has 0 aliphatic carbocycles. The summed E-state index contributed by atoms with van der Waals surface area (Å²) in [6, 6.07) is 17.5. The first-order valence-electron chi connectivity index (χ1n) is 10.6. The summed E-state index contributed by atoms with van der Waals surface area (Å²) in [7, 11) is 0. The summed E-state index contributed by atoms with van der Waals surface area (Å²) in [4.78, 5) is 16.7. The fourth-order valence-electron chi connectivity index (χ4n) is 3.52. The average Bonchev–Trinajstić information content (AvgIpc) is 3.22. The molecule has 0 radical (unpaired) electrons. The minimum absolute atomic E-state index is 0.100. The van der Waals surface area contributed by atoms with E-state index in [1.54, 1.807) is 12.4 Å². The predicted octanol–water partition coefficient (Wildman–Crippen LogP) is 5.08. The van der Waals surface area contributed by atoms with Gasteiger partial charge in [-0.25, -0.2) is 0 Å². The van der Waals surface area contributed by atoms with Crippen LogP contribution in [-0.2, 0) is 4.79 Å². The first-order valence-corrected chi connectivity index (χ1v) is 11.6. The summed E-state index contributed by atoms with van der Waals surface area (Å²) in [6.07, 6.45) is 3.44. The Morgan fingerprint density at radius 2 is 1.70 bits per heavy atom. The van der Waals surface area contributed by atoms with Crippen molar-refractivity contribution >= 4 is 23.4 Å². The van der Waals surface area contributed by atoms with Crippen molar-refractivity contribution in [1.82, 2.24) is 19.7 Å². The van der Waals surface area contributed by atoms with Crippen LogP contribution in [0.25, 0.3) is 17.1 Å². The number of carbonyl (C=O) groups excluding carboxylic acids is 1. The topological polar surface area (TPSA) is 81.9 Å². The Morgan fingerprint density at radius 1 is 1.00 bits per heavy atom. The van der Waals surface area contributed by atoms with Gasteiger partial charge in [0.25, 0.3) is 0 Å². The van der Waals surface area contributed by atoms with E-state index in [1.807, 2.05) is 73.9 Å². The second-order valence-electron chi connectivity index (χ2n) is 7.52. The van der Waals surface area contributed by atoms with Crippen LogP contribution >= 0.6 is 11.8 Å². The van der Waals surface area contributed by atoms with Gasteiger partial charge in [-0.3, -0.25) is 14.3 Å². The molecule has 0 atom stereocenters. The maximum absolute atomic E-state index is 12.6. The zero-order valence-electron chi connectivity index (χ0n) is 18.8. The Labute approximate surface area is 197 Å². The molecule has 0 aliphatic heterocycles. The fourth-order valence-corrected chi connectivity index (χ4v) is 4.27. The number of rotatable bonds is 8. The second kappa shape index (κ2) is 10.3. The van der Waals surface area contributed by atoms with Crippen molar-refractivity contribution in [3.05, 3.63) is 78.1 Å². The van der Waals surface area contributed by atoms with Crippen molar-refractivity contribution in [3.63, 3.8) is 0 Å². The number of benzene rings is 2. The van der Waals surface area contributed by atoms with Crippen molar-refractivity contribution in [3.8, 4) is 22.8 Å². The average molecular weight is 460 g/mol. The lowest BCUT2D eigenvalue weighted by atomic mass is 10.1. The molecule has 0 spiro atoms. The maximum Gasteiger partial charge on any atom is 0.234 e. The van der Waals surface area contributed by atoms with Crippen LogP contribution in [0.3, 0.4) is 0 Å². The molecule has 4 rings (SSSR count). The second-order valence-corrected chi connectivity index (χ2v) is 8.46. The largest absolute Gasteiger partial charge is 0.494 e. The Morgan fingerprint density at radius 3 is 2.36 bits per heavy atom. The van der Waals surface area contributed by atoms with E-state index in [1.165, 1.54) is 11.8 Å². The molecular formula is C25H25N5O2S. The molecule has 168 valence electrons. The zero-order chi connectivity index (χ0) is 23.2. The number of nitrogens with zero attached hydrogens (tertiary/aromatic N) is 4. The minimum atomic E-state index is -0.100. The smallest absolute Gasteiger partial charge is 0.234 e. The van der Waals surface area contributed by atoms with E-state index in [0.29, 0.717) is 17.6 Å². The highest BCUT2D eigenvalue weighted by molar-refractivity contribution is 7.99. The van der Waals surface area contributed by atoms with Gasteiger partial charge in [0.1, 0.15) is 5.75 Å². The monoisotopic (exact) mass is 459 g/mol. The summed E-state index contributed by atoms with van der Waals surface area (Å²) < 4.78 is 7.51. The van der Waals surface area contributed by atoms with E-state index in [0.717, 1.165) is 33.8 Å². The van der Waals surface area contributed by atoms with Crippen LogP contribution in [-0.4, -0.2) is 38.0 Å². The molecule has 0 saturated heterocycles. The molecule has 2 aromatic heterocycles. The van der Waals surface area contributed by atoms with Crippen LogP contribution in [0.5, 0.6) is 5.75 Å². The number of pyridine rings is 1. The maximum atomic E-state index is 12.6. The van der Waals surface area contributed by atoms with Gasteiger partial charge in [0, 0.05) is 29.3 Å². The first kappa shape index (κ1) is 22.5. The third kappa shape index (κ3) is 5.59. The molecule has 0 fully saturated rings. The predicted molar refractivity (Wildman–Crippen MR) is 131 cm³/mol. The quantitative estimate of drug-likeness (QED) is 0.370. The summed E-state index contributed by atoms with van der Waals surface area (Å²) in [6.45, 7) is 6.58. The highest BCUT2D eigenvalue weighted by atomic mass is 32.2. The molecule has 2 aromatic carbocycles. The number of hydrogen-bond acceptors (Lipinski definition) is 6. The van der Waals surface area contributed by atoms with Gasteiger partial charge in [0.05, 0.1) is 12.4 Å². The van der Waals surface area contributed by atoms with Crippen molar-refractivity contribution in [2.24, 2.45) is 0 Å². The van der Waals surface area contributed by atoms with E-state index in [9.17, 15) is 4.79 Å². The van der Waals surface area contributed by atoms with E-state index < -0.39 is 0 Å². The van der Waals surface area contributed by atoms with Crippen LogP contribution in [0.1, 0.15) is 18.1 Å². The Hall–Kier alpha value is -3.65. The number of amides is 1. The standard InChI is InChI=1S/C25H25N5O2S/c1-4-32-22-7-5-21(6-8-22)30-24(19-9-11-26-12-10-19)28-29-25(30)33-16-23(31)27-20-14-17(2)13-18(3)15-20/h5-15H,4,16H2,1-3H3,(H,27,31). The molecule has 0 aliphatic rings. The van der Waals surface area contributed by atoms with Gasteiger partial charge in [-0.05, 0) is 80.4 Å². The molecule has 33 heavy (non-hydrogen) atoms. The van der Waals surface area contributed by atoms with E-state index in [2.05, 4.69) is 26.6 Å². The van der Waals surface area contributed by atoms with Crippen molar-refractivity contribution in [2.45, 2.75) is 25.9 Å². The van der Waals surface area contributed by atoms with Crippen LogP contribution in [0.15, 0.2) is 72.1 Å². The first-order chi connectivity index (χ1) is 16.0. The molecule has 7 nitrogen and oxygen atoms in total. The highest BCUT2D eigenvalue weighted by Crippen LogP contribution is 2.29. The lowest BCUT2D eigenvalue weighted by molar-refractivity contribution is -0.113. The Kier molecular flexibility index (Phi) is 7.04. The van der Waals surface area contributed by atoms with Gasteiger partial charge in [0.15, 0.2) is 11.0 Å². The Bertz CT molecular complexity index is 1220. The van der Waals surface area contributed by atoms with E-state index in [-0.39, 0.29) is 11.7 Å². The van der Waals surface area contributed by atoms with Gasteiger partial charge < -0.3 is 10.1 Å². The summed E-state index contributed by atoms with van der Waals surface area (Å²) in [5.41, 5.74) is 4.78. The summed E-state index contributed by atoms with van der Waals surface area (Å²) in [5, 5.41) is 12.4. The van der Waals surface area contributed by atoms with Crippen molar-refractivity contribution in [1.29, 1.82) is 0 Å². The number of aryl methyl sites for hydroxylation is 2. The molecular weight excluding hydrogens is 434 g/mol. The number of ether oxygens (including phenoxy) is 1. The summed E-state index contributed by atoms with van der Waals surface area (Å²) >= 11 is 1.34. The fraction of sp³-hybridized carbons (Fsp3) is 0.200. The number of thioether (sulfide) groups is 1. The van der Waals surface area contributed by atoms with Gasteiger partial charge >= 0.3 is 0 Å². The number of anilines is 1. The van der Waals surface area contributed by atoms with E-state index >= 15 is 0 Å². The van der Waals surface area contributed by atoms with Gasteiger partial charge in [-0.2, -0.15) is 0 Å². The SMILES string of the molecule is CCOc1ccc(-n2c(SCC(=O)Nc3cc(C)cc(C)c3)nnc2-c2ccncc2)cc1. The van der Waals surface area contributed by atoms with Crippen LogP contribution in [0.4, 0.5) is 5.69 Å². The Balaban J connectivity index is 1.58. The minimum Gasteiger partial charge on any atom is -0.494 e. The van der Waals surface area contributed by atoms with Crippen molar-refractivity contribution in [2.75, 3.05) is 17.7 Å². The van der Waals surface area contributed by atoms with Gasteiger partial charge in [-0.1, -0.05) is 17.8 Å².